The molecule has 2 aromatic carbocycles. The van der Waals surface area contributed by atoms with Crippen molar-refractivity contribution in [1.29, 1.82) is 0 Å². The maximum absolute atomic E-state index is 13.4. The van der Waals surface area contributed by atoms with Gasteiger partial charge in [0, 0.05) is 48.1 Å². The summed E-state index contributed by atoms with van der Waals surface area (Å²) >= 11 is 12.4. The molecule has 0 bridgehead atoms. The predicted octanol–water partition coefficient (Wildman–Crippen LogP) is 4.20. The first-order valence-electron chi connectivity index (χ1n) is 11.4. The van der Waals surface area contributed by atoms with Crippen LogP contribution in [0.4, 0.5) is 13.2 Å². The molecule has 5 rings (SSSR count). The molecule has 2 aromatic rings. The molecule has 1 spiro atoms. The van der Waals surface area contributed by atoms with Crippen molar-refractivity contribution in [3.8, 4) is 0 Å². The first-order chi connectivity index (χ1) is 16.5. The molecule has 3 aliphatic rings. The Morgan fingerprint density at radius 3 is 2.23 bits per heavy atom. The molecule has 1 unspecified atom stereocenters. The molecule has 2 heterocycles. The summed E-state index contributed by atoms with van der Waals surface area (Å²) in [5.41, 5.74) is -0.303. The molecule has 0 radical (unpaired) electrons. The van der Waals surface area contributed by atoms with Gasteiger partial charge in [0.1, 0.15) is 6.04 Å². The molecule has 35 heavy (non-hydrogen) atoms. The van der Waals surface area contributed by atoms with E-state index in [1.807, 2.05) is 0 Å². The highest BCUT2D eigenvalue weighted by atomic mass is 35.5. The molecule has 5 nitrogen and oxygen atoms in total. The van der Waals surface area contributed by atoms with Crippen molar-refractivity contribution in [1.82, 2.24) is 15.5 Å². The van der Waals surface area contributed by atoms with Crippen molar-refractivity contribution in [3.05, 3.63) is 69.2 Å². The van der Waals surface area contributed by atoms with Crippen LogP contribution in [0.15, 0.2) is 42.5 Å². The zero-order valence-electron chi connectivity index (χ0n) is 18.7. The molecule has 1 saturated carbocycles. The number of hydrogen-bond acceptors (Lipinski definition) is 3. The molecule has 186 valence electrons. The Labute approximate surface area is 211 Å². The third-order valence-corrected chi connectivity index (χ3v) is 7.87. The van der Waals surface area contributed by atoms with E-state index in [-0.39, 0.29) is 23.7 Å². The molecule has 0 aromatic heterocycles. The maximum Gasteiger partial charge on any atom is 0.416 e. The number of amides is 2. The Balaban J connectivity index is 1.35. The number of rotatable bonds is 6. The molecular weight excluding hydrogens is 502 g/mol. The number of benzene rings is 2. The summed E-state index contributed by atoms with van der Waals surface area (Å²) in [7, 11) is 0. The second kappa shape index (κ2) is 8.68. The van der Waals surface area contributed by atoms with Crippen LogP contribution in [0.3, 0.4) is 0 Å². The Morgan fingerprint density at radius 1 is 1.06 bits per heavy atom. The average molecular weight is 526 g/mol. The van der Waals surface area contributed by atoms with E-state index in [9.17, 15) is 22.8 Å². The molecule has 2 amide bonds. The SMILES string of the molecule is O=C(C(Cc1ccc(C(F)(F)F)cc1)NC(=O)C1(c2ccc(Cl)cc2Cl)CC1)N1CC2(CNC2)C1. The fourth-order valence-corrected chi connectivity index (χ4v) is 5.61. The van der Waals surface area contributed by atoms with Crippen molar-refractivity contribution >= 4 is 35.0 Å². The lowest BCUT2D eigenvalue weighted by Gasteiger charge is -2.56. The van der Waals surface area contributed by atoms with E-state index >= 15 is 0 Å². The Bertz CT molecular complexity index is 1150. The minimum Gasteiger partial charge on any atom is -0.343 e. The fraction of sp³-hybridized carbons (Fsp3) is 0.440. The van der Waals surface area contributed by atoms with Crippen molar-refractivity contribution in [3.63, 3.8) is 0 Å². The second-order valence-electron chi connectivity index (χ2n) is 9.93. The predicted molar refractivity (Wildman–Crippen MR) is 126 cm³/mol. The van der Waals surface area contributed by atoms with Crippen molar-refractivity contribution in [2.45, 2.75) is 36.9 Å². The standard InChI is InChI=1S/C25H24Cl2F3N3O2/c26-17-5-6-18(19(27)10-17)24(7-8-24)22(35)32-20(21(34)33-13-23(14-33)11-31-12-23)9-15-1-3-16(4-2-15)25(28,29)30/h1-6,10,20,31H,7-9,11-14H2,(H,32,35). The van der Waals surface area contributed by atoms with E-state index in [1.54, 1.807) is 23.1 Å². The highest BCUT2D eigenvalue weighted by molar-refractivity contribution is 6.35. The lowest BCUT2D eigenvalue weighted by atomic mass is 9.74. The van der Waals surface area contributed by atoms with Gasteiger partial charge < -0.3 is 15.5 Å². The van der Waals surface area contributed by atoms with Crippen molar-refractivity contribution < 1.29 is 22.8 Å². The number of carbonyl (C=O) groups is 2. The van der Waals surface area contributed by atoms with Crippen LogP contribution in [0.1, 0.15) is 29.5 Å². The van der Waals surface area contributed by atoms with Gasteiger partial charge in [-0.25, -0.2) is 0 Å². The number of alkyl halides is 3. The first-order valence-corrected chi connectivity index (χ1v) is 12.2. The largest absolute Gasteiger partial charge is 0.416 e. The molecule has 3 fully saturated rings. The number of carbonyl (C=O) groups excluding carboxylic acids is 2. The van der Waals surface area contributed by atoms with Crippen molar-refractivity contribution in [2.24, 2.45) is 5.41 Å². The zero-order valence-corrected chi connectivity index (χ0v) is 20.2. The lowest BCUT2D eigenvalue weighted by Crippen LogP contribution is -2.73. The lowest BCUT2D eigenvalue weighted by molar-refractivity contribution is -0.150. The van der Waals surface area contributed by atoms with Crippen LogP contribution in [0.25, 0.3) is 0 Å². The second-order valence-corrected chi connectivity index (χ2v) is 10.8. The third-order valence-electron chi connectivity index (χ3n) is 7.32. The summed E-state index contributed by atoms with van der Waals surface area (Å²) in [6.07, 6.45) is -3.18. The summed E-state index contributed by atoms with van der Waals surface area (Å²) in [6.45, 7) is 2.91. The van der Waals surface area contributed by atoms with E-state index in [2.05, 4.69) is 10.6 Å². The quantitative estimate of drug-likeness (QED) is 0.594. The highest BCUT2D eigenvalue weighted by Crippen LogP contribution is 2.51. The molecule has 10 heteroatoms. The molecule has 1 atom stereocenters. The average Bonchev–Trinajstić information content (AvgIpc) is 3.52. The molecule has 2 saturated heterocycles. The number of likely N-dealkylation sites (tertiary alicyclic amines) is 1. The van der Waals surface area contributed by atoms with Gasteiger partial charge in [0.25, 0.3) is 0 Å². The van der Waals surface area contributed by atoms with Crippen LogP contribution in [-0.2, 0) is 27.6 Å². The number of hydrogen-bond donors (Lipinski definition) is 2. The first kappa shape index (κ1) is 24.4. The van der Waals surface area contributed by atoms with E-state index < -0.39 is 23.2 Å². The van der Waals surface area contributed by atoms with Gasteiger partial charge >= 0.3 is 6.18 Å². The van der Waals surface area contributed by atoms with Gasteiger partial charge in [0.05, 0.1) is 11.0 Å². The van der Waals surface area contributed by atoms with Gasteiger partial charge in [0.2, 0.25) is 11.8 Å². The fourth-order valence-electron chi connectivity index (χ4n) is 5.03. The van der Waals surface area contributed by atoms with E-state index in [0.717, 1.165) is 25.2 Å². The van der Waals surface area contributed by atoms with Gasteiger partial charge in [-0.2, -0.15) is 13.2 Å². The molecule has 2 aliphatic heterocycles. The van der Waals surface area contributed by atoms with Crippen LogP contribution in [0.5, 0.6) is 0 Å². The topological polar surface area (TPSA) is 61.4 Å². The number of nitrogens with one attached hydrogen (secondary N) is 2. The molecule has 2 N–H and O–H groups in total. The number of halogens is 5. The van der Waals surface area contributed by atoms with Crippen LogP contribution < -0.4 is 10.6 Å². The smallest absolute Gasteiger partial charge is 0.343 e. The van der Waals surface area contributed by atoms with Gasteiger partial charge in [0.15, 0.2) is 0 Å². The third kappa shape index (κ3) is 4.63. The summed E-state index contributed by atoms with van der Waals surface area (Å²) in [6, 6.07) is 8.79. The monoisotopic (exact) mass is 525 g/mol. The highest BCUT2D eigenvalue weighted by Gasteiger charge is 2.54. The van der Waals surface area contributed by atoms with Gasteiger partial charge in [-0.3, -0.25) is 9.59 Å². The van der Waals surface area contributed by atoms with Gasteiger partial charge in [-0.15, -0.1) is 0 Å². The summed E-state index contributed by atoms with van der Waals surface area (Å²) < 4.78 is 38.9. The Hall–Kier alpha value is -2.29. The minimum absolute atomic E-state index is 0.0922. The van der Waals surface area contributed by atoms with Crippen molar-refractivity contribution in [2.75, 3.05) is 26.2 Å². The Kier molecular flexibility index (Phi) is 6.05. The normalized spacial score (nSPS) is 20.5. The van der Waals surface area contributed by atoms with Crippen LogP contribution >= 0.6 is 23.2 Å². The summed E-state index contributed by atoms with van der Waals surface area (Å²) in [5, 5.41) is 6.97. The van der Waals surface area contributed by atoms with Crippen LogP contribution in [0.2, 0.25) is 10.0 Å². The van der Waals surface area contributed by atoms with E-state index in [4.69, 9.17) is 23.2 Å². The Morgan fingerprint density at radius 2 is 1.71 bits per heavy atom. The minimum atomic E-state index is -4.44. The van der Waals surface area contributed by atoms with E-state index in [0.29, 0.717) is 47.1 Å². The van der Waals surface area contributed by atoms with Gasteiger partial charge in [-0.1, -0.05) is 41.4 Å². The molecular formula is C25H24Cl2F3N3O2. The summed E-state index contributed by atoms with van der Waals surface area (Å²) in [4.78, 5) is 28.5. The maximum atomic E-state index is 13.4. The van der Waals surface area contributed by atoms with E-state index in [1.165, 1.54) is 12.1 Å². The van der Waals surface area contributed by atoms with Crippen LogP contribution in [0, 0.1) is 5.41 Å². The zero-order chi connectivity index (χ0) is 25.0. The van der Waals surface area contributed by atoms with Crippen LogP contribution in [-0.4, -0.2) is 48.9 Å². The summed E-state index contributed by atoms with van der Waals surface area (Å²) in [5.74, 6) is -0.540. The van der Waals surface area contributed by atoms with Gasteiger partial charge in [-0.05, 0) is 48.2 Å². The molecule has 1 aliphatic carbocycles. The number of nitrogens with zero attached hydrogens (tertiary/aromatic N) is 1.